The first-order valence-corrected chi connectivity index (χ1v) is 10.5. The molecule has 0 saturated carbocycles. The van der Waals surface area contributed by atoms with Gasteiger partial charge in [-0.15, -0.1) is 0 Å². The number of nitrogens with one attached hydrogen (secondary N) is 2. The fourth-order valence-electron chi connectivity index (χ4n) is 3.77. The van der Waals surface area contributed by atoms with Crippen molar-refractivity contribution < 1.29 is 0 Å². The Hall–Kier alpha value is -2.92. The van der Waals surface area contributed by atoms with E-state index in [0.29, 0.717) is 5.95 Å². The van der Waals surface area contributed by atoms with Gasteiger partial charge in [0.05, 0.1) is 0 Å². The van der Waals surface area contributed by atoms with Crippen LogP contribution in [0.1, 0.15) is 24.8 Å². The largest absolute Gasteiger partial charge is 0.370 e. The third-order valence-electron chi connectivity index (χ3n) is 5.28. The van der Waals surface area contributed by atoms with E-state index in [2.05, 4.69) is 74.9 Å². The van der Waals surface area contributed by atoms with Gasteiger partial charge in [0, 0.05) is 18.4 Å². The van der Waals surface area contributed by atoms with Crippen LogP contribution < -0.4 is 10.6 Å². The van der Waals surface area contributed by atoms with E-state index in [1.807, 2.05) is 12.1 Å². The monoisotopic (exact) mass is 387 g/mol. The summed E-state index contributed by atoms with van der Waals surface area (Å²) in [7, 11) is 0. The van der Waals surface area contributed by atoms with Crippen LogP contribution in [0.2, 0.25) is 0 Å². The van der Waals surface area contributed by atoms with E-state index in [-0.39, 0.29) is 0 Å². The fraction of sp³-hybridized carbons (Fsp3) is 0.333. The first kappa shape index (κ1) is 19.4. The van der Waals surface area contributed by atoms with Crippen LogP contribution in [0.3, 0.4) is 0 Å². The third kappa shape index (κ3) is 5.55. The zero-order chi connectivity index (χ0) is 19.9. The molecule has 0 spiro atoms. The zero-order valence-corrected chi connectivity index (χ0v) is 17.1. The number of benzene rings is 2. The molecule has 0 bridgehead atoms. The number of hydrogen-bond donors (Lipinski definition) is 2. The number of aromatic nitrogens is 2. The van der Waals surface area contributed by atoms with E-state index < -0.39 is 0 Å². The van der Waals surface area contributed by atoms with Crippen molar-refractivity contribution >= 4 is 17.5 Å². The summed E-state index contributed by atoms with van der Waals surface area (Å²) >= 11 is 0. The zero-order valence-electron chi connectivity index (χ0n) is 17.1. The standard InChI is InChI=1S/C24H29N5/c1-19-7-4-8-20(17-19)21-9-5-10-22(18-21)27-24-26-13-11-23(28-24)25-12-6-16-29-14-2-3-15-29/h4-5,7-11,13,17-18H,2-3,6,12,14-16H2,1H3,(H2,25,26,27,28). The molecule has 2 aromatic carbocycles. The molecule has 0 unspecified atom stereocenters. The molecule has 4 rings (SSSR count). The summed E-state index contributed by atoms with van der Waals surface area (Å²) in [6.07, 6.45) is 5.62. The Labute approximate surface area is 173 Å². The van der Waals surface area contributed by atoms with Gasteiger partial charge in [-0.25, -0.2) is 4.98 Å². The quantitative estimate of drug-likeness (QED) is 0.527. The predicted molar refractivity (Wildman–Crippen MR) is 121 cm³/mol. The summed E-state index contributed by atoms with van der Waals surface area (Å²) in [5.74, 6) is 1.47. The Kier molecular flexibility index (Phi) is 6.37. The average molecular weight is 388 g/mol. The molecule has 1 saturated heterocycles. The molecular weight excluding hydrogens is 358 g/mol. The fourth-order valence-corrected chi connectivity index (χ4v) is 3.77. The van der Waals surface area contributed by atoms with Gasteiger partial charge in [0.1, 0.15) is 5.82 Å². The third-order valence-corrected chi connectivity index (χ3v) is 5.28. The van der Waals surface area contributed by atoms with E-state index in [1.165, 1.54) is 42.6 Å². The lowest BCUT2D eigenvalue weighted by molar-refractivity contribution is 0.337. The number of anilines is 3. The minimum atomic E-state index is 0.607. The Bertz CT molecular complexity index is 934. The van der Waals surface area contributed by atoms with Crippen LogP contribution >= 0.6 is 0 Å². The summed E-state index contributed by atoms with van der Waals surface area (Å²) in [4.78, 5) is 11.5. The number of likely N-dealkylation sites (tertiary alicyclic amines) is 1. The van der Waals surface area contributed by atoms with Crippen molar-refractivity contribution in [3.05, 3.63) is 66.4 Å². The number of nitrogens with zero attached hydrogens (tertiary/aromatic N) is 3. The van der Waals surface area contributed by atoms with Crippen LogP contribution in [0.4, 0.5) is 17.5 Å². The lowest BCUT2D eigenvalue weighted by atomic mass is 10.0. The van der Waals surface area contributed by atoms with Crippen LogP contribution in [0.15, 0.2) is 60.8 Å². The van der Waals surface area contributed by atoms with E-state index >= 15 is 0 Å². The SMILES string of the molecule is Cc1cccc(-c2cccc(Nc3nccc(NCCCN4CCCC4)n3)c2)c1. The number of hydrogen-bond acceptors (Lipinski definition) is 5. The van der Waals surface area contributed by atoms with Crippen molar-refractivity contribution in [3.8, 4) is 11.1 Å². The molecule has 5 heteroatoms. The summed E-state index contributed by atoms with van der Waals surface area (Å²) in [5, 5.41) is 6.75. The highest BCUT2D eigenvalue weighted by molar-refractivity contribution is 5.70. The molecule has 29 heavy (non-hydrogen) atoms. The lowest BCUT2D eigenvalue weighted by Crippen LogP contribution is -2.22. The maximum Gasteiger partial charge on any atom is 0.229 e. The Morgan fingerprint density at radius 3 is 2.59 bits per heavy atom. The van der Waals surface area contributed by atoms with Crippen molar-refractivity contribution in [2.24, 2.45) is 0 Å². The van der Waals surface area contributed by atoms with Gasteiger partial charge in [-0.3, -0.25) is 0 Å². The van der Waals surface area contributed by atoms with Crippen molar-refractivity contribution in [3.63, 3.8) is 0 Å². The smallest absolute Gasteiger partial charge is 0.229 e. The highest BCUT2D eigenvalue weighted by Crippen LogP contribution is 2.24. The highest BCUT2D eigenvalue weighted by Gasteiger charge is 2.10. The molecule has 0 amide bonds. The van der Waals surface area contributed by atoms with E-state index in [4.69, 9.17) is 0 Å². The normalized spacial score (nSPS) is 14.1. The van der Waals surface area contributed by atoms with Gasteiger partial charge in [-0.1, -0.05) is 42.0 Å². The van der Waals surface area contributed by atoms with Crippen molar-refractivity contribution in [1.29, 1.82) is 0 Å². The maximum atomic E-state index is 4.61. The molecule has 3 aromatic rings. The van der Waals surface area contributed by atoms with Gasteiger partial charge in [-0.05, 0) is 75.1 Å². The van der Waals surface area contributed by atoms with E-state index in [1.54, 1.807) is 6.20 Å². The van der Waals surface area contributed by atoms with E-state index in [9.17, 15) is 0 Å². The highest BCUT2D eigenvalue weighted by atomic mass is 15.2. The molecule has 1 aromatic heterocycles. The van der Waals surface area contributed by atoms with Gasteiger partial charge < -0.3 is 15.5 Å². The molecule has 0 aliphatic carbocycles. The molecule has 150 valence electrons. The molecule has 0 radical (unpaired) electrons. The van der Waals surface area contributed by atoms with Crippen LogP contribution in [0.5, 0.6) is 0 Å². The van der Waals surface area contributed by atoms with Gasteiger partial charge in [0.15, 0.2) is 0 Å². The molecular formula is C24H29N5. The van der Waals surface area contributed by atoms with Gasteiger partial charge >= 0.3 is 0 Å². The Balaban J connectivity index is 1.35. The van der Waals surface area contributed by atoms with Crippen LogP contribution in [-0.2, 0) is 0 Å². The molecule has 2 N–H and O–H groups in total. The van der Waals surface area contributed by atoms with Crippen LogP contribution in [0, 0.1) is 6.92 Å². The summed E-state index contributed by atoms with van der Waals surface area (Å²) in [6.45, 7) is 6.71. The molecule has 2 heterocycles. The second kappa shape index (κ2) is 9.52. The predicted octanol–water partition coefficient (Wildman–Crippen LogP) is 5.09. The number of rotatable bonds is 8. The lowest BCUT2D eigenvalue weighted by Gasteiger charge is -2.14. The molecule has 1 aliphatic rings. The van der Waals surface area contributed by atoms with Crippen molar-refractivity contribution in [2.75, 3.05) is 36.8 Å². The topological polar surface area (TPSA) is 53.1 Å². The van der Waals surface area contributed by atoms with Crippen LogP contribution in [-0.4, -0.2) is 41.0 Å². The first-order valence-electron chi connectivity index (χ1n) is 10.5. The van der Waals surface area contributed by atoms with Gasteiger partial charge in [0.25, 0.3) is 0 Å². The van der Waals surface area contributed by atoms with Crippen molar-refractivity contribution in [1.82, 2.24) is 14.9 Å². The molecule has 0 atom stereocenters. The Morgan fingerprint density at radius 2 is 1.76 bits per heavy atom. The van der Waals surface area contributed by atoms with Crippen LogP contribution in [0.25, 0.3) is 11.1 Å². The van der Waals surface area contributed by atoms with E-state index in [0.717, 1.165) is 31.0 Å². The second-order valence-corrected chi connectivity index (χ2v) is 7.67. The summed E-state index contributed by atoms with van der Waals surface area (Å²) in [5.41, 5.74) is 4.63. The first-order chi connectivity index (χ1) is 14.3. The summed E-state index contributed by atoms with van der Waals surface area (Å²) in [6, 6.07) is 18.8. The van der Waals surface area contributed by atoms with Crippen molar-refractivity contribution in [2.45, 2.75) is 26.2 Å². The molecule has 1 aliphatic heterocycles. The average Bonchev–Trinajstić information content (AvgIpc) is 3.25. The second-order valence-electron chi connectivity index (χ2n) is 7.67. The van der Waals surface area contributed by atoms with Gasteiger partial charge in [-0.2, -0.15) is 4.98 Å². The minimum absolute atomic E-state index is 0.607. The minimum Gasteiger partial charge on any atom is -0.370 e. The van der Waals surface area contributed by atoms with Gasteiger partial charge in [0.2, 0.25) is 5.95 Å². The Morgan fingerprint density at radius 1 is 0.966 bits per heavy atom. The number of aryl methyl sites for hydroxylation is 1. The maximum absolute atomic E-state index is 4.61. The molecule has 1 fully saturated rings. The molecule has 5 nitrogen and oxygen atoms in total. The summed E-state index contributed by atoms with van der Waals surface area (Å²) < 4.78 is 0.